The molecule has 1 fully saturated rings. The Morgan fingerprint density at radius 2 is 1.91 bits per heavy atom. The van der Waals surface area contributed by atoms with Gasteiger partial charge in [-0.2, -0.15) is 0 Å². The van der Waals surface area contributed by atoms with Crippen molar-refractivity contribution in [1.82, 2.24) is 4.90 Å². The summed E-state index contributed by atoms with van der Waals surface area (Å²) in [6.07, 6.45) is 4.66. The predicted molar refractivity (Wildman–Crippen MR) is 134 cm³/mol. The Labute approximate surface area is 193 Å². The summed E-state index contributed by atoms with van der Waals surface area (Å²) in [6.45, 7) is 8.86. The van der Waals surface area contributed by atoms with Crippen molar-refractivity contribution in [1.29, 1.82) is 0 Å². The number of para-hydroxylation sites is 1. The van der Waals surface area contributed by atoms with Crippen molar-refractivity contribution in [3.05, 3.63) is 70.4 Å². The van der Waals surface area contributed by atoms with E-state index in [1.807, 2.05) is 57.3 Å². The fourth-order valence-corrected chi connectivity index (χ4v) is 5.08. The summed E-state index contributed by atoms with van der Waals surface area (Å²) in [5, 5.41) is 0.630. The summed E-state index contributed by atoms with van der Waals surface area (Å²) in [4.78, 5) is 22.0. The molecule has 0 radical (unpaired) electrons. The van der Waals surface area contributed by atoms with Gasteiger partial charge in [0.25, 0.3) is 5.91 Å². The molecule has 1 saturated heterocycles. The molecule has 1 amide bonds. The molecular formula is C26H28FN3OS. The minimum Gasteiger partial charge on any atom is -0.365 e. The number of allylic oxidation sites excluding steroid dienone is 1. The zero-order chi connectivity index (χ0) is 23.0. The molecular weight excluding hydrogens is 421 g/mol. The summed E-state index contributed by atoms with van der Waals surface area (Å²) < 4.78 is 15.1. The number of nitrogens with zero attached hydrogens (tertiary/aromatic N) is 3. The third-order valence-electron chi connectivity index (χ3n) is 5.94. The second kappa shape index (κ2) is 8.58. The summed E-state index contributed by atoms with van der Waals surface area (Å²) in [6, 6.07) is 13.0. The van der Waals surface area contributed by atoms with Crippen LogP contribution in [0.15, 0.2) is 58.4 Å². The van der Waals surface area contributed by atoms with Gasteiger partial charge in [0.2, 0.25) is 0 Å². The van der Waals surface area contributed by atoms with Crippen molar-refractivity contribution in [3.8, 4) is 0 Å². The van der Waals surface area contributed by atoms with E-state index < -0.39 is 0 Å². The summed E-state index contributed by atoms with van der Waals surface area (Å²) >= 11 is 1.30. The van der Waals surface area contributed by atoms with E-state index in [-0.39, 0.29) is 17.3 Å². The van der Waals surface area contributed by atoms with Crippen molar-refractivity contribution in [2.24, 2.45) is 4.99 Å². The van der Waals surface area contributed by atoms with Crippen LogP contribution in [0.1, 0.15) is 45.2 Å². The van der Waals surface area contributed by atoms with Gasteiger partial charge >= 0.3 is 0 Å². The molecule has 0 unspecified atom stereocenters. The standard InChI is InChI=1S/C26H28FN3OS/c1-6-12-30-24(31)23(32-25(30)28-19-10-8-7-9-11-19)14-18-13-20-17(2)16-26(3,4)29(5)22(20)15-21(18)27/h7-11,13-16H,6,12H2,1-5H3/b23-14+,28-25?. The molecule has 2 aromatic rings. The fourth-order valence-electron chi connectivity index (χ4n) is 4.06. The lowest BCUT2D eigenvalue weighted by Gasteiger charge is -2.40. The maximum atomic E-state index is 15.1. The number of hydrogen-bond acceptors (Lipinski definition) is 4. The van der Waals surface area contributed by atoms with Crippen molar-refractivity contribution in [2.75, 3.05) is 18.5 Å². The summed E-state index contributed by atoms with van der Waals surface area (Å²) in [7, 11) is 1.98. The highest BCUT2D eigenvalue weighted by molar-refractivity contribution is 8.18. The van der Waals surface area contributed by atoms with Gasteiger partial charge in [0.05, 0.1) is 16.1 Å². The highest BCUT2D eigenvalue weighted by Crippen LogP contribution is 2.40. The van der Waals surface area contributed by atoms with Crippen molar-refractivity contribution in [3.63, 3.8) is 0 Å². The number of rotatable bonds is 4. The highest BCUT2D eigenvalue weighted by Gasteiger charge is 2.34. The number of aliphatic imine (C=N–C) groups is 1. The lowest BCUT2D eigenvalue weighted by atomic mass is 9.88. The molecule has 0 aliphatic carbocycles. The van der Waals surface area contributed by atoms with Crippen molar-refractivity contribution < 1.29 is 9.18 Å². The maximum Gasteiger partial charge on any atom is 0.266 e. The number of anilines is 1. The van der Waals surface area contributed by atoms with Crippen LogP contribution in [0, 0.1) is 5.82 Å². The molecule has 32 heavy (non-hydrogen) atoms. The quantitative estimate of drug-likeness (QED) is 0.502. The number of benzene rings is 2. The Hall–Kier alpha value is -2.86. The molecule has 2 aliphatic heterocycles. The fraction of sp³-hybridized carbons (Fsp3) is 0.308. The van der Waals surface area contributed by atoms with Crippen LogP contribution >= 0.6 is 11.8 Å². The number of carbonyl (C=O) groups is 1. The SMILES string of the molecule is CCCN1C(=O)/C(=C\c2cc3c(cc2F)N(C)C(C)(C)C=C3C)SC1=Nc1ccccc1. The van der Waals surface area contributed by atoms with Crippen LogP contribution in [0.4, 0.5) is 15.8 Å². The van der Waals surface area contributed by atoms with Crippen LogP contribution in [0.25, 0.3) is 11.6 Å². The van der Waals surface area contributed by atoms with Gasteiger partial charge in [0.15, 0.2) is 5.17 Å². The van der Waals surface area contributed by atoms with Crippen LogP contribution in [0.3, 0.4) is 0 Å². The molecule has 2 aromatic carbocycles. The molecule has 6 heteroatoms. The first-order valence-electron chi connectivity index (χ1n) is 10.8. The molecule has 166 valence electrons. The number of carbonyl (C=O) groups excluding carboxylic acids is 1. The van der Waals surface area contributed by atoms with Gasteiger partial charge in [0.1, 0.15) is 5.82 Å². The van der Waals surface area contributed by atoms with Crippen molar-refractivity contribution >= 4 is 45.9 Å². The molecule has 0 aromatic heterocycles. The third kappa shape index (κ3) is 4.11. The molecule has 0 bridgehead atoms. The smallest absolute Gasteiger partial charge is 0.266 e. The zero-order valence-electron chi connectivity index (χ0n) is 19.1. The monoisotopic (exact) mass is 449 g/mol. The number of hydrogen-bond donors (Lipinski definition) is 0. The lowest BCUT2D eigenvalue weighted by molar-refractivity contribution is -0.122. The molecule has 4 nitrogen and oxygen atoms in total. The van der Waals surface area contributed by atoms with Crippen LogP contribution in [-0.4, -0.2) is 35.1 Å². The van der Waals surface area contributed by atoms with Gasteiger partial charge < -0.3 is 4.90 Å². The molecule has 0 saturated carbocycles. The number of amides is 1. The molecule has 0 spiro atoms. The van der Waals surface area contributed by atoms with Crippen LogP contribution in [0.5, 0.6) is 0 Å². The second-order valence-electron chi connectivity index (χ2n) is 8.73. The van der Waals surface area contributed by atoms with E-state index in [0.29, 0.717) is 22.2 Å². The van der Waals surface area contributed by atoms with Gasteiger partial charge in [0, 0.05) is 30.4 Å². The average Bonchev–Trinajstić information content (AvgIpc) is 3.03. The van der Waals surface area contributed by atoms with Crippen LogP contribution < -0.4 is 4.90 Å². The molecule has 2 aliphatic rings. The first kappa shape index (κ1) is 22.3. The summed E-state index contributed by atoms with van der Waals surface area (Å²) in [5.74, 6) is -0.466. The Balaban J connectivity index is 1.73. The largest absolute Gasteiger partial charge is 0.365 e. The Bertz CT molecular complexity index is 1150. The molecule has 0 N–H and O–H groups in total. The number of thioether (sulfide) groups is 1. The topological polar surface area (TPSA) is 35.9 Å². The Morgan fingerprint density at radius 3 is 2.59 bits per heavy atom. The van der Waals surface area contributed by atoms with Gasteiger partial charge in [-0.3, -0.25) is 9.69 Å². The predicted octanol–water partition coefficient (Wildman–Crippen LogP) is 6.47. The van der Waals surface area contributed by atoms with Gasteiger partial charge in [-0.25, -0.2) is 9.38 Å². The maximum absolute atomic E-state index is 15.1. The average molecular weight is 450 g/mol. The lowest BCUT2D eigenvalue weighted by Crippen LogP contribution is -2.42. The van der Waals surface area contributed by atoms with Crippen LogP contribution in [0.2, 0.25) is 0 Å². The zero-order valence-corrected chi connectivity index (χ0v) is 20.0. The van der Waals surface area contributed by atoms with E-state index in [1.54, 1.807) is 17.0 Å². The van der Waals surface area contributed by atoms with E-state index in [9.17, 15) is 4.79 Å². The number of amidine groups is 1. The highest BCUT2D eigenvalue weighted by atomic mass is 32.2. The first-order chi connectivity index (χ1) is 15.2. The molecule has 4 rings (SSSR count). The van der Waals surface area contributed by atoms with E-state index >= 15 is 4.39 Å². The van der Waals surface area contributed by atoms with E-state index in [2.05, 4.69) is 29.8 Å². The molecule has 2 heterocycles. The van der Waals surface area contributed by atoms with Gasteiger partial charge in [-0.1, -0.05) is 31.2 Å². The second-order valence-corrected chi connectivity index (χ2v) is 9.74. The van der Waals surface area contributed by atoms with Crippen molar-refractivity contribution in [2.45, 2.75) is 39.7 Å². The van der Waals surface area contributed by atoms with E-state index in [0.717, 1.165) is 28.9 Å². The van der Waals surface area contributed by atoms with Gasteiger partial charge in [-0.05, 0) is 74.9 Å². The number of fused-ring (bicyclic) bond motifs is 1. The number of halogens is 1. The minimum absolute atomic E-state index is 0.130. The first-order valence-corrected chi connectivity index (χ1v) is 11.7. The normalized spacial score (nSPS) is 20.2. The minimum atomic E-state index is -0.336. The Morgan fingerprint density at radius 1 is 1.19 bits per heavy atom. The van der Waals surface area contributed by atoms with Gasteiger partial charge in [-0.15, -0.1) is 0 Å². The van der Waals surface area contributed by atoms with Crippen LogP contribution in [-0.2, 0) is 4.79 Å². The Kier molecular flexibility index (Phi) is 5.99. The summed E-state index contributed by atoms with van der Waals surface area (Å²) in [5.41, 5.74) is 3.96. The van der Waals surface area contributed by atoms with E-state index in [4.69, 9.17) is 0 Å². The molecule has 0 atom stereocenters. The third-order valence-corrected chi connectivity index (χ3v) is 6.94. The van der Waals surface area contributed by atoms with E-state index in [1.165, 1.54) is 11.8 Å². The number of likely N-dealkylation sites (N-methyl/N-ethyl adjacent to an activating group) is 1.